The number of carbonyl (C=O) groups is 2. The van der Waals surface area contributed by atoms with Gasteiger partial charge in [0.15, 0.2) is 12.5 Å². The Hall–Kier alpha value is -4.74. The Kier molecular flexibility index (Phi) is 10.4. The summed E-state index contributed by atoms with van der Waals surface area (Å²) in [6, 6.07) is 16.7. The molecule has 0 unspecified atom stereocenters. The summed E-state index contributed by atoms with van der Waals surface area (Å²) in [6.07, 6.45) is -3.08. The standard InChI is InChI=1S/C32H33F3N4O5/c1-4-5-9-28(40)39(29(20(2)3)31(41)42)18-21-10-12-22(13-11-21)27-17-24(14-15-26(27)30-36-19-37-38-30)43-23-7-6-8-25(16-23)44-32(33,34)35/h6-8,10-17,20,29H,4-5,9,18-19H2,1-3H3,(H,41,42)/t29-/m0/s1. The molecular weight excluding hydrogens is 577 g/mol. The Balaban J connectivity index is 1.64. The van der Waals surface area contributed by atoms with Crippen LogP contribution in [-0.2, 0) is 16.1 Å². The van der Waals surface area contributed by atoms with Gasteiger partial charge in [-0.05, 0) is 59.4 Å². The topological polar surface area (TPSA) is 113 Å². The van der Waals surface area contributed by atoms with E-state index in [4.69, 9.17) is 4.74 Å². The molecule has 3 aromatic carbocycles. The second-order valence-electron chi connectivity index (χ2n) is 10.5. The van der Waals surface area contributed by atoms with E-state index in [1.54, 1.807) is 32.0 Å². The van der Waals surface area contributed by atoms with E-state index in [0.717, 1.165) is 23.6 Å². The number of halogens is 3. The second kappa shape index (κ2) is 14.2. The second-order valence-corrected chi connectivity index (χ2v) is 10.5. The monoisotopic (exact) mass is 610 g/mol. The van der Waals surface area contributed by atoms with Crippen LogP contribution in [0, 0.1) is 5.92 Å². The van der Waals surface area contributed by atoms with E-state index >= 15 is 0 Å². The molecule has 0 saturated heterocycles. The molecular formula is C32H33F3N4O5. The molecule has 1 atom stereocenters. The number of rotatable bonds is 13. The Bertz CT molecular complexity index is 1540. The summed E-state index contributed by atoms with van der Waals surface area (Å²) in [5.41, 5.74) is 2.84. The first-order valence-corrected chi connectivity index (χ1v) is 14.2. The van der Waals surface area contributed by atoms with Gasteiger partial charge < -0.3 is 19.5 Å². The summed E-state index contributed by atoms with van der Waals surface area (Å²) < 4.78 is 48.0. The van der Waals surface area contributed by atoms with Crippen molar-refractivity contribution >= 4 is 17.7 Å². The molecule has 0 aromatic heterocycles. The number of unbranched alkanes of at least 4 members (excludes halogenated alkanes) is 1. The van der Waals surface area contributed by atoms with Crippen molar-refractivity contribution in [2.75, 3.05) is 6.67 Å². The summed E-state index contributed by atoms with van der Waals surface area (Å²) in [7, 11) is 0. The van der Waals surface area contributed by atoms with Crippen LogP contribution in [0.3, 0.4) is 0 Å². The van der Waals surface area contributed by atoms with Crippen molar-refractivity contribution < 1.29 is 37.3 Å². The average molecular weight is 611 g/mol. The van der Waals surface area contributed by atoms with E-state index in [1.807, 2.05) is 31.2 Å². The fourth-order valence-electron chi connectivity index (χ4n) is 4.84. The van der Waals surface area contributed by atoms with E-state index in [9.17, 15) is 27.9 Å². The largest absolute Gasteiger partial charge is 0.573 e. The highest BCUT2D eigenvalue weighted by molar-refractivity contribution is 6.05. The van der Waals surface area contributed by atoms with Gasteiger partial charge in [-0.15, -0.1) is 18.3 Å². The molecule has 0 saturated carbocycles. The third-order valence-electron chi connectivity index (χ3n) is 6.86. The minimum absolute atomic E-state index is 0.130. The molecule has 1 amide bonds. The molecule has 1 N–H and O–H groups in total. The molecule has 0 aliphatic carbocycles. The van der Waals surface area contributed by atoms with Gasteiger partial charge in [0.05, 0.1) is 0 Å². The van der Waals surface area contributed by atoms with Gasteiger partial charge in [0.1, 0.15) is 23.3 Å². The maximum atomic E-state index is 13.1. The van der Waals surface area contributed by atoms with Crippen molar-refractivity contribution in [3.05, 3.63) is 77.9 Å². The lowest BCUT2D eigenvalue weighted by Gasteiger charge is -2.32. The highest BCUT2D eigenvalue weighted by atomic mass is 19.4. The maximum Gasteiger partial charge on any atom is 0.573 e. The van der Waals surface area contributed by atoms with Gasteiger partial charge in [0.25, 0.3) is 0 Å². The molecule has 12 heteroatoms. The van der Waals surface area contributed by atoms with E-state index < -0.39 is 24.1 Å². The predicted molar refractivity (Wildman–Crippen MR) is 158 cm³/mol. The van der Waals surface area contributed by atoms with Crippen molar-refractivity contribution in [2.24, 2.45) is 21.1 Å². The number of alkyl halides is 3. The number of benzene rings is 3. The van der Waals surface area contributed by atoms with E-state index in [1.165, 1.54) is 23.1 Å². The number of amidine groups is 1. The molecule has 232 valence electrons. The molecule has 1 aliphatic heterocycles. The Morgan fingerprint density at radius 3 is 2.30 bits per heavy atom. The van der Waals surface area contributed by atoms with Crippen LogP contribution in [0.4, 0.5) is 13.2 Å². The molecule has 1 aliphatic rings. The molecule has 4 rings (SSSR count). The summed E-state index contributed by atoms with van der Waals surface area (Å²) in [5, 5.41) is 17.9. The molecule has 0 fully saturated rings. The molecule has 0 bridgehead atoms. The van der Waals surface area contributed by atoms with Crippen LogP contribution in [0.1, 0.15) is 51.2 Å². The summed E-state index contributed by atoms with van der Waals surface area (Å²) >= 11 is 0. The molecule has 0 spiro atoms. The summed E-state index contributed by atoms with van der Waals surface area (Å²) in [5.74, 6) is -1.04. The Labute approximate surface area is 253 Å². The van der Waals surface area contributed by atoms with Gasteiger partial charge in [0.2, 0.25) is 5.91 Å². The van der Waals surface area contributed by atoms with Crippen molar-refractivity contribution in [2.45, 2.75) is 59.0 Å². The van der Waals surface area contributed by atoms with E-state index in [2.05, 4.69) is 20.0 Å². The molecule has 1 heterocycles. The minimum Gasteiger partial charge on any atom is -0.480 e. The number of aliphatic carboxylic acids is 1. The zero-order chi connectivity index (χ0) is 31.9. The van der Waals surface area contributed by atoms with Crippen LogP contribution in [0.15, 0.2) is 82.0 Å². The van der Waals surface area contributed by atoms with Gasteiger partial charge >= 0.3 is 12.3 Å². The SMILES string of the molecule is CCCCC(=O)N(Cc1ccc(-c2cc(Oc3cccc(OC(F)(F)F)c3)ccc2C2=NCN=N2)cc1)[C@H](C(=O)O)C(C)C. The highest BCUT2D eigenvalue weighted by Gasteiger charge is 2.32. The number of hydrogen-bond donors (Lipinski definition) is 1. The van der Waals surface area contributed by atoms with Gasteiger partial charge in [-0.25, -0.2) is 9.79 Å². The fourth-order valence-corrected chi connectivity index (χ4v) is 4.84. The van der Waals surface area contributed by atoms with Crippen LogP contribution in [0.2, 0.25) is 0 Å². The van der Waals surface area contributed by atoms with E-state index in [0.29, 0.717) is 29.1 Å². The smallest absolute Gasteiger partial charge is 0.480 e. The number of azo groups is 1. The summed E-state index contributed by atoms with van der Waals surface area (Å²) in [6.45, 7) is 5.86. The molecule has 3 aromatic rings. The number of carbonyl (C=O) groups excluding carboxylic acids is 1. The first-order valence-electron chi connectivity index (χ1n) is 14.2. The van der Waals surface area contributed by atoms with Gasteiger partial charge in [-0.3, -0.25) is 4.79 Å². The number of carboxylic acid groups (broad SMARTS) is 1. The molecule has 44 heavy (non-hydrogen) atoms. The third kappa shape index (κ3) is 8.42. The zero-order valence-corrected chi connectivity index (χ0v) is 24.5. The third-order valence-corrected chi connectivity index (χ3v) is 6.86. The van der Waals surface area contributed by atoms with Gasteiger partial charge in [-0.1, -0.05) is 57.5 Å². The first-order chi connectivity index (χ1) is 20.9. The zero-order valence-electron chi connectivity index (χ0n) is 24.5. The molecule has 9 nitrogen and oxygen atoms in total. The number of aliphatic imine (C=N–C) groups is 1. The average Bonchev–Trinajstić information content (AvgIpc) is 3.50. The molecule has 0 radical (unpaired) electrons. The van der Waals surface area contributed by atoms with Gasteiger partial charge in [-0.2, -0.15) is 5.11 Å². The minimum atomic E-state index is -4.83. The number of hydrogen-bond acceptors (Lipinski definition) is 7. The van der Waals surface area contributed by atoms with Crippen molar-refractivity contribution in [3.63, 3.8) is 0 Å². The first kappa shape index (κ1) is 32.2. The Morgan fingerprint density at radius 2 is 1.68 bits per heavy atom. The Morgan fingerprint density at radius 1 is 0.977 bits per heavy atom. The number of nitrogens with zero attached hydrogens (tertiary/aromatic N) is 4. The van der Waals surface area contributed by atoms with Gasteiger partial charge in [0, 0.05) is 24.6 Å². The highest BCUT2D eigenvalue weighted by Crippen LogP contribution is 2.34. The fraction of sp³-hybridized carbons (Fsp3) is 0.344. The van der Waals surface area contributed by atoms with Crippen LogP contribution in [0.25, 0.3) is 11.1 Å². The van der Waals surface area contributed by atoms with Crippen LogP contribution >= 0.6 is 0 Å². The van der Waals surface area contributed by atoms with Crippen LogP contribution < -0.4 is 9.47 Å². The number of ether oxygens (including phenoxy) is 2. The van der Waals surface area contributed by atoms with Crippen LogP contribution in [-0.4, -0.2) is 46.8 Å². The normalized spacial score (nSPS) is 13.5. The number of amides is 1. The quantitative estimate of drug-likeness (QED) is 0.212. The maximum absolute atomic E-state index is 13.1. The lowest BCUT2D eigenvalue weighted by molar-refractivity contribution is -0.274. The lowest BCUT2D eigenvalue weighted by atomic mass is 9.96. The van der Waals surface area contributed by atoms with Crippen molar-refractivity contribution in [3.8, 4) is 28.4 Å². The lowest BCUT2D eigenvalue weighted by Crippen LogP contribution is -2.47. The van der Waals surface area contributed by atoms with Crippen LogP contribution in [0.5, 0.6) is 17.2 Å². The van der Waals surface area contributed by atoms with Crippen molar-refractivity contribution in [1.82, 2.24) is 4.90 Å². The van der Waals surface area contributed by atoms with Crippen molar-refractivity contribution in [1.29, 1.82) is 0 Å². The number of carboxylic acids is 1. The van der Waals surface area contributed by atoms with E-state index in [-0.39, 0.29) is 37.2 Å². The summed E-state index contributed by atoms with van der Waals surface area (Å²) in [4.78, 5) is 30.9. The predicted octanol–water partition coefficient (Wildman–Crippen LogP) is 7.84.